The molecule has 0 spiro atoms. The summed E-state index contributed by atoms with van der Waals surface area (Å²) in [6.07, 6.45) is 4.99. The quantitative estimate of drug-likeness (QED) is 0.240. The highest BCUT2D eigenvalue weighted by Crippen LogP contribution is 2.51. The molecule has 1 aliphatic heterocycles. The van der Waals surface area contributed by atoms with Crippen molar-refractivity contribution in [3.63, 3.8) is 0 Å². The van der Waals surface area contributed by atoms with E-state index < -0.39 is 29.3 Å². The van der Waals surface area contributed by atoms with Gasteiger partial charge in [0.25, 0.3) is 5.91 Å². The van der Waals surface area contributed by atoms with Crippen molar-refractivity contribution >= 4 is 40.3 Å². The van der Waals surface area contributed by atoms with Gasteiger partial charge in [-0.3, -0.25) is 19.5 Å². The van der Waals surface area contributed by atoms with Crippen molar-refractivity contribution in [3.8, 4) is 16.9 Å². The number of aromatic nitrogens is 6. The number of primary amides is 1. The summed E-state index contributed by atoms with van der Waals surface area (Å²) in [5, 5.41) is 0.247. The molecule has 15 heteroatoms. The molecule has 47 heavy (non-hydrogen) atoms. The van der Waals surface area contributed by atoms with Gasteiger partial charge in [0.05, 0.1) is 52.3 Å². The van der Waals surface area contributed by atoms with E-state index in [4.69, 9.17) is 27.1 Å². The molecule has 11 nitrogen and oxygen atoms in total. The Balaban J connectivity index is 1.30. The number of hydrogen-bond acceptors (Lipinski definition) is 8. The third-order valence-electron chi connectivity index (χ3n) is 8.82. The maximum absolute atomic E-state index is 15.0. The first-order valence-corrected chi connectivity index (χ1v) is 15.2. The molecule has 4 aromatic heterocycles. The van der Waals surface area contributed by atoms with Crippen molar-refractivity contribution in [1.29, 1.82) is 0 Å². The van der Waals surface area contributed by atoms with Crippen LogP contribution in [-0.4, -0.2) is 47.4 Å². The minimum atomic E-state index is -4.20. The van der Waals surface area contributed by atoms with Crippen molar-refractivity contribution in [1.82, 2.24) is 29.5 Å². The van der Waals surface area contributed by atoms with E-state index in [0.717, 1.165) is 23.9 Å². The maximum atomic E-state index is 15.0. The molecule has 2 fully saturated rings. The van der Waals surface area contributed by atoms with E-state index in [0.29, 0.717) is 58.9 Å². The fourth-order valence-electron chi connectivity index (χ4n) is 6.21. The molecular weight excluding hydrogens is 637 g/mol. The lowest BCUT2D eigenvalue weighted by Gasteiger charge is -2.33. The van der Waals surface area contributed by atoms with Gasteiger partial charge in [-0.2, -0.15) is 8.78 Å². The van der Waals surface area contributed by atoms with Gasteiger partial charge in [0.15, 0.2) is 11.4 Å². The Bertz CT molecular complexity index is 2100. The van der Waals surface area contributed by atoms with E-state index in [9.17, 15) is 14.0 Å². The zero-order valence-corrected chi connectivity index (χ0v) is 25.2. The molecule has 3 aliphatic rings. The number of rotatable bonds is 8. The number of benzene rings is 1. The minimum Gasteiger partial charge on any atom is -0.423 e. The molecule has 5 heterocycles. The van der Waals surface area contributed by atoms with Gasteiger partial charge >= 0.3 is 12.0 Å². The molecule has 0 saturated heterocycles. The first-order valence-electron chi connectivity index (χ1n) is 14.9. The third kappa shape index (κ3) is 4.94. The highest BCUT2D eigenvalue weighted by Gasteiger charge is 2.51. The fraction of sp³-hybridized carbons (Fsp3) is 0.281. The summed E-state index contributed by atoms with van der Waals surface area (Å²) >= 11 is 5.86. The van der Waals surface area contributed by atoms with Crippen LogP contribution in [0.2, 0.25) is 5.02 Å². The van der Waals surface area contributed by atoms with Gasteiger partial charge in [0.1, 0.15) is 17.2 Å². The number of carbonyl (C=O) groups is 2. The number of imidazole rings is 1. The van der Waals surface area contributed by atoms with Gasteiger partial charge in [-0.1, -0.05) is 17.7 Å². The molecule has 5 aromatic rings. The Labute approximate surface area is 269 Å². The van der Waals surface area contributed by atoms with Crippen LogP contribution in [-0.2, 0) is 23.3 Å². The smallest absolute Gasteiger partial charge is 0.423 e. The lowest BCUT2D eigenvalue weighted by molar-refractivity contribution is -0.193. The first-order chi connectivity index (χ1) is 22.5. The van der Waals surface area contributed by atoms with Crippen molar-refractivity contribution in [2.45, 2.75) is 50.3 Å². The number of hydrogen-bond donors (Lipinski definition) is 1. The number of ether oxygens (including phenoxy) is 1. The number of amides is 2. The van der Waals surface area contributed by atoms with Gasteiger partial charge in [0, 0.05) is 18.0 Å². The average molecular weight is 661 g/mol. The molecule has 0 bridgehead atoms. The largest absolute Gasteiger partial charge is 0.482 e. The van der Waals surface area contributed by atoms with Crippen molar-refractivity contribution < 1.29 is 27.5 Å². The minimum absolute atomic E-state index is 0.0530. The Morgan fingerprint density at radius 1 is 1.06 bits per heavy atom. The van der Waals surface area contributed by atoms with Crippen molar-refractivity contribution in [3.05, 3.63) is 88.9 Å². The van der Waals surface area contributed by atoms with Crippen LogP contribution in [0.25, 0.3) is 22.3 Å². The second-order valence-corrected chi connectivity index (χ2v) is 12.4. The van der Waals surface area contributed by atoms with E-state index >= 15 is 8.78 Å². The number of nitrogens with two attached hydrogens (primary N) is 1. The molecule has 0 unspecified atom stereocenters. The highest BCUT2D eigenvalue weighted by atomic mass is 35.5. The molecule has 2 saturated carbocycles. The molecule has 0 atom stereocenters. The summed E-state index contributed by atoms with van der Waals surface area (Å²) in [7, 11) is 0. The summed E-state index contributed by atoms with van der Waals surface area (Å²) in [6.45, 7) is -0.372. The van der Waals surface area contributed by atoms with E-state index in [1.807, 2.05) is 4.57 Å². The summed E-state index contributed by atoms with van der Waals surface area (Å²) in [5.74, 6) is -2.70. The second-order valence-electron chi connectivity index (χ2n) is 12.0. The van der Waals surface area contributed by atoms with Crippen LogP contribution < -0.4 is 15.4 Å². The molecule has 8 rings (SSSR count). The zero-order chi connectivity index (χ0) is 32.7. The number of alkyl halides is 2. The molecule has 1 aromatic carbocycles. The Kier molecular flexibility index (Phi) is 6.52. The van der Waals surface area contributed by atoms with Crippen LogP contribution in [0.5, 0.6) is 5.75 Å². The van der Waals surface area contributed by atoms with Crippen LogP contribution in [0.3, 0.4) is 0 Å². The molecule has 2 aliphatic carbocycles. The second kappa shape index (κ2) is 10.5. The standard InChI is InChI=1S/C32H24ClF3N8O3/c33-18-11-39-24(40-12-18)14-43-21-5-3-17(10-22(21)47-32(35,36)30(43)46)25-26(28(37)45)20(9-16-1-2-16)42-29-27(25)41-15-44(29)31(7-8-31)23-6-4-19(34)13-38-23/h3-6,10-13,15-16H,1-2,7-9,14H2,(H2,37,45). The SMILES string of the molecule is NC(=O)c1c(CC2CC2)nc2c(ncn2C2(c3ccc(F)cn3)CC2)c1-c1ccc2c(c1)OC(F)(F)C(=O)N2Cc1ncc(Cl)cn1. The van der Waals surface area contributed by atoms with Gasteiger partial charge in [-0.05, 0) is 67.9 Å². The number of anilines is 1. The number of halogens is 4. The number of pyridine rings is 2. The first kappa shape index (κ1) is 29.3. The average Bonchev–Trinajstić information content (AvgIpc) is 3.98. The van der Waals surface area contributed by atoms with Gasteiger partial charge in [0.2, 0.25) is 0 Å². The van der Waals surface area contributed by atoms with Crippen molar-refractivity contribution in [2.24, 2.45) is 11.7 Å². The van der Waals surface area contributed by atoms with Crippen molar-refractivity contribution in [2.75, 3.05) is 4.90 Å². The third-order valence-corrected chi connectivity index (χ3v) is 9.01. The summed E-state index contributed by atoms with van der Waals surface area (Å²) in [6, 6.07) is 7.35. The molecule has 2 amide bonds. The summed E-state index contributed by atoms with van der Waals surface area (Å²) in [5.41, 5.74) is 8.03. The Morgan fingerprint density at radius 2 is 1.83 bits per heavy atom. The predicted octanol–water partition coefficient (Wildman–Crippen LogP) is 5.18. The highest BCUT2D eigenvalue weighted by molar-refractivity contribution is 6.30. The summed E-state index contributed by atoms with van der Waals surface area (Å²) in [4.78, 5) is 48.8. The predicted molar refractivity (Wildman–Crippen MR) is 162 cm³/mol. The summed E-state index contributed by atoms with van der Waals surface area (Å²) < 4.78 is 50.6. The Hall–Kier alpha value is -5.11. The number of carbonyl (C=O) groups excluding carboxylic acids is 2. The maximum Gasteiger partial charge on any atom is 0.482 e. The number of nitrogens with zero attached hydrogens (tertiary/aromatic N) is 7. The van der Waals surface area contributed by atoms with Crippen LogP contribution in [0.15, 0.2) is 55.2 Å². The van der Waals surface area contributed by atoms with Crippen LogP contribution in [0.1, 0.15) is 53.3 Å². The molecule has 2 N–H and O–H groups in total. The number of fused-ring (bicyclic) bond motifs is 2. The van der Waals surface area contributed by atoms with Crippen LogP contribution in [0, 0.1) is 11.7 Å². The van der Waals surface area contributed by atoms with Gasteiger partial charge < -0.3 is 15.0 Å². The van der Waals surface area contributed by atoms with Gasteiger partial charge in [-0.25, -0.2) is 24.3 Å². The van der Waals surface area contributed by atoms with E-state index in [1.165, 1.54) is 30.6 Å². The van der Waals surface area contributed by atoms with E-state index in [1.54, 1.807) is 18.5 Å². The van der Waals surface area contributed by atoms with E-state index in [-0.39, 0.29) is 34.4 Å². The molecule has 238 valence electrons. The lowest BCUT2D eigenvalue weighted by atomic mass is 9.94. The van der Waals surface area contributed by atoms with Gasteiger partial charge in [-0.15, -0.1) is 0 Å². The molecule has 0 radical (unpaired) electrons. The topological polar surface area (TPSA) is 142 Å². The van der Waals surface area contributed by atoms with Crippen LogP contribution >= 0.6 is 11.6 Å². The normalized spacial score (nSPS) is 17.8. The molecular formula is C32H24ClF3N8O3. The van der Waals surface area contributed by atoms with Crippen LogP contribution in [0.4, 0.5) is 18.9 Å². The van der Waals surface area contributed by atoms with E-state index in [2.05, 4.69) is 19.9 Å². The lowest BCUT2D eigenvalue weighted by Crippen LogP contribution is -2.50. The Morgan fingerprint density at radius 3 is 2.49 bits per heavy atom. The fourth-order valence-corrected chi connectivity index (χ4v) is 6.30. The monoisotopic (exact) mass is 660 g/mol. The zero-order valence-electron chi connectivity index (χ0n) is 24.5.